The van der Waals surface area contributed by atoms with Crippen LogP contribution in [-0.2, 0) is 13.2 Å². The molecule has 6 heteroatoms. The van der Waals surface area contributed by atoms with Crippen LogP contribution in [0, 0.1) is 6.92 Å². The molecule has 0 amide bonds. The van der Waals surface area contributed by atoms with Crippen molar-refractivity contribution in [1.82, 2.24) is 19.7 Å². The minimum atomic E-state index is -0.0820. The lowest BCUT2D eigenvalue weighted by molar-refractivity contribution is 0.281. The number of aryl methyl sites for hydroxylation is 2. The first-order valence-corrected chi connectivity index (χ1v) is 7.11. The van der Waals surface area contributed by atoms with Gasteiger partial charge >= 0.3 is 0 Å². The summed E-state index contributed by atoms with van der Waals surface area (Å²) in [7, 11) is 0. The van der Waals surface area contributed by atoms with Gasteiger partial charge in [-0.2, -0.15) is 5.10 Å². The van der Waals surface area contributed by atoms with Crippen LogP contribution in [0.3, 0.4) is 0 Å². The fourth-order valence-corrected chi connectivity index (χ4v) is 2.73. The molecule has 5 nitrogen and oxygen atoms in total. The molecule has 108 valence electrons. The van der Waals surface area contributed by atoms with Gasteiger partial charge in [-0.15, -0.1) is 0 Å². The van der Waals surface area contributed by atoms with E-state index in [1.807, 2.05) is 24.6 Å². The van der Waals surface area contributed by atoms with Gasteiger partial charge in [-0.25, -0.2) is 14.6 Å². The van der Waals surface area contributed by atoms with E-state index in [1.54, 1.807) is 18.5 Å². The van der Waals surface area contributed by atoms with Crippen molar-refractivity contribution in [2.75, 3.05) is 0 Å². The average molecular weight is 303 g/mol. The standard InChI is InChI=1S/C15H15ClN4O/c1-3-20-15-11(7-18-20)14(12(8-21)9(2)19-15)10-4-5-17-13(16)6-10/h4-7,21H,3,8H2,1-2H3. The van der Waals surface area contributed by atoms with E-state index in [9.17, 15) is 5.11 Å². The van der Waals surface area contributed by atoms with E-state index in [1.165, 1.54) is 0 Å². The molecule has 0 bridgehead atoms. The van der Waals surface area contributed by atoms with Crippen molar-refractivity contribution in [2.24, 2.45) is 0 Å². The van der Waals surface area contributed by atoms with Crippen LogP contribution in [0.25, 0.3) is 22.2 Å². The number of rotatable bonds is 3. The van der Waals surface area contributed by atoms with Gasteiger partial charge < -0.3 is 5.11 Å². The highest BCUT2D eigenvalue weighted by atomic mass is 35.5. The summed E-state index contributed by atoms with van der Waals surface area (Å²) in [6.45, 7) is 4.57. The van der Waals surface area contributed by atoms with Crippen LogP contribution in [0.4, 0.5) is 0 Å². The summed E-state index contributed by atoms with van der Waals surface area (Å²) in [6.07, 6.45) is 3.44. The number of halogens is 1. The molecule has 0 saturated carbocycles. The zero-order valence-electron chi connectivity index (χ0n) is 11.8. The Morgan fingerprint density at radius 1 is 1.38 bits per heavy atom. The van der Waals surface area contributed by atoms with Crippen LogP contribution in [0.1, 0.15) is 18.2 Å². The van der Waals surface area contributed by atoms with E-state index in [0.29, 0.717) is 5.15 Å². The summed E-state index contributed by atoms with van der Waals surface area (Å²) in [5.74, 6) is 0. The van der Waals surface area contributed by atoms with Gasteiger partial charge in [-0.1, -0.05) is 11.6 Å². The number of fused-ring (bicyclic) bond motifs is 1. The lowest BCUT2D eigenvalue weighted by atomic mass is 9.97. The fourth-order valence-electron chi connectivity index (χ4n) is 2.56. The van der Waals surface area contributed by atoms with Crippen molar-refractivity contribution < 1.29 is 5.11 Å². The molecular weight excluding hydrogens is 288 g/mol. The molecule has 3 rings (SSSR count). The summed E-state index contributed by atoms with van der Waals surface area (Å²) < 4.78 is 1.84. The molecule has 21 heavy (non-hydrogen) atoms. The second-order valence-corrected chi connectivity index (χ2v) is 5.16. The van der Waals surface area contributed by atoms with Crippen LogP contribution >= 0.6 is 11.6 Å². The van der Waals surface area contributed by atoms with Crippen LogP contribution in [0.2, 0.25) is 5.15 Å². The molecule has 0 unspecified atom stereocenters. The predicted molar refractivity (Wildman–Crippen MR) is 82.1 cm³/mol. The molecular formula is C15H15ClN4O. The number of pyridine rings is 2. The highest BCUT2D eigenvalue weighted by Crippen LogP contribution is 2.33. The molecule has 0 aromatic carbocycles. The maximum absolute atomic E-state index is 9.74. The minimum Gasteiger partial charge on any atom is -0.392 e. The topological polar surface area (TPSA) is 63.8 Å². The number of hydrogen-bond donors (Lipinski definition) is 1. The number of aliphatic hydroxyl groups is 1. The lowest BCUT2D eigenvalue weighted by Gasteiger charge is -2.12. The fraction of sp³-hybridized carbons (Fsp3) is 0.267. The molecule has 0 spiro atoms. The summed E-state index contributed by atoms with van der Waals surface area (Å²) >= 11 is 6.00. The minimum absolute atomic E-state index is 0.0820. The van der Waals surface area contributed by atoms with Gasteiger partial charge in [-0.05, 0) is 31.5 Å². The van der Waals surface area contributed by atoms with Gasteiger partial charge in [0.1, 0.15) is 5.15 Å². The second-order valence-electron chi connectivity index (χ2n) is 4.77. The molecule has 0 fully saturated rings. The Morgan fingerprint density at radius 2 is 2.19 bits per heavy atom. The molecule has 0 radical (unpaired) electrons. The smallest absolute Gasteiger partial charge is 0.158 e. The second kappa shape index (κ2) is 5.42. The van der Waals surface area contributed by atoms with E-state index >= 15 is 0 Å². The summed E-state index contributed by atoms with van der Waals surface area (Å²) in [4.78, 5) is 8.59. The van der Waals surface area contributed by atoms with Gasteiger partial charge in [-0.3, -0.25) is 0 Å². The molecule has 0 atom stereocenters. The van der Waals surface area contributed by atoms with E-state index in [2.05, 4.69) is 15.1 Å². The Bertz CT molecular complexity index is 813. The molecule has 3 aromatic rings. The van der Waals surface area contributed by atoms with Gasteiger partial charge in [0.2, 0.25) is 0 Å². The first kappa shape index (κ1) is 14.0. The highest BCUT2D eigenvalue weighted by Gasteiger charge is 2.17. The molecule has 0 saturated heterocycles. The van der Waals surface area contributed by atoms with Crippen LogP contribution < -0.4 is 0 Å². The Kier molecular flexibility index (Phi) is 3.61. The van der Waals surface area contributed by atoms with E-state index in [0.717, 1.165) is 40.0 Å². The van der Waals surface area contributed by atoms with Crippen LogP contribution in [0.5, 0.6) is 0 Å². The summed E-state index contributed by atoms with van der Waals surface area (Å²) in [6, 6.07) is 3.67. The van der Waals surface area contributed by atoms with Crippen molar-refractivity contribution in [3.63, 3.8) is 0 Å². The quantitative estimate of drug-likeness (QED) is 0.756. The number of hydrogen-bond acceptors (Lipinski definition) is 4. The van der Waals surface area contributed by atoms with Crippen molar-refractivity contribution in [1.29, 1.82) is 0 Å². The molecule has 0 aliphatic heterocycles. The van der Waals surface area contributed by atoms with Crippen molar-refractivity contribution >= 4 is 22.6 Å². The van der Waals surface area contributed by atoms with Gasteiger partial charge in [0.25, 0.3) is 0 Å². The predicted octanol–water partition coefficient (Wildman–Crippen LogP) is 2.97. The summed E-state index contributed by atoms with van der Waals surface area (Å²) in [5.41, 5.74) is 4.23. The van der Waals surface area contributed by atoms with E-state index in [-0.39, 0.29) is 6.61 Å². The first-order valence-electron chi connectivity index (χ1n) is 6.73. The lowest BCUT2D eigenvalue weighted by Crippen LogP contribution is -2.02. The number of aromatic nitrogens is 4. The Hall–Kier alpha value is -1.98. The highest BCUT2D eigenvalue weighted by molar-refractivity contribution is 6.29. The maximum Gasteiger partial charge on any atom is 0.158 e. The van der Waals surface area contributed by atoms with E-state index < -0.39 is 0 Å². The molecule has 0 aliphatic rings. The number of nitrogens with zero attached hydrogens (tertiary/aromatic N) is 4. The Balaban J connectivity index is 2.40. The zero-order valence-corrected chi connectivity index (χ0v) is 12.6. The molecule has 3 aromatic heterocycles. The number of aliphatic hydroxyl groups excluding tert-OH is 1. The third-order valence-corrected chi connectivity index (χ3v) is 3.77. The normalized spacial score (nSPS) is 11.2. The Morgan fingerprint density at radius 3 is 2.86 bits per heavy atom. The first-order chi connectivity index (χ1) is 10.2. The Labute approximate surface area is 127 Å². The van der Waals surface area contributed by atoms with Crippen molar-refractivity contribution in [2.45, 2.75) is 27.0 Å². The van der Waals surface area contributed by atoms with Gasteiger partial charge in [0.15, 0.2) is 5.65 Å². The third-order valence-electron chi connectivity index (χ3n) is 3.57. The third kappa shape index (κ3) is 2.28. The zero-order chi connectivity index (χ0) is 15.0. The molecule has 1 N–H and O–H groups in total. The average Bonchev–Trinajstić information content (AvgIpc) is 2.88. The SMILES string of the molecule is CCn1ncc2c(-c3ccnc(Cl)c3)c(CO)c(C)nc21. The van der Waals surface area contributed by atoms with E-state index in [4.69, 9.17) is 11.6 Å². The maximum atomic E-state index is 9.74. The van der Waals surface area contributed by atoms with Crippen LogP contribution in [0.15, 0.2) is 24.5 Å². The molecule has 3 heterocycles. The van der Waals surface area contributed by atoms with Gasteiger partial charge in [0.05, 0.1) is 12.8 Å². The largest absolute Gasteiger partial charge is 0.392 e. The van der Waals surface area contributed by atoms with Crippen LogP contribution in [-0.4, -0.2) is 24.9 Å². The molecule has 0 aliphatic carbocycles. The van der Waals surface area contributed by atoms with Crippen molar-refractivity contribution in [3.05, 3.63) is 40.9 Å². The van der Waals surface area contributed by atoms with Crippen molar-refractivity contribution in [3.8, 4) is 11.1 Å². The van der Waals surface area contributed by atoms with Gasteiger partial charge in [0, 0.05) is 34.9 Å². The monoisotopic (exact) mass is 302 g/mol. The summed E-state index contributed by atoms with van der Waals surface area (Å²) in [5, 5.41) is 15.4.